The Morgan fingerprint density at radius 1 is 1.29 bits per heavy atom. The highest BCUT2D eigenvalue weighted by Gasteiger charge is 2.22. The zero-order chi connectivity index (χ0) is 13.4. The summed E-state index contributed by atoms with van der Waals surface area (Å²) in [5, 5.41) is 0. The van der Waals surface area contributed by atoms with Gasteiger partial charge >= 0.3 is 0 Å². The molecule has 1 atom stereocenters. The van der Waals surface area contributed by atoms with Crippen molar-refractivity contribution in [3.05, 3.63) is 35.4 Å². The molecule has 0 heterocycles. The lowest BCUT2D eigenvalue weighted by atomic mass is 9.93. The van der Waals surface area contributed by atoms with Crippen molar-refractivity contribution in [1.82, 2.24) is 0 Å². The molecule has 1 aromatic rings. The molecule has 0 saturated heterocycles. The van der Waals surface area contributed by atoms with Crippen molar-refractivity contribution in [2.45, 2.75) is 33.6 Å². The lowest BCUT2D eigenvalue weighted by molar-refractivity contribution is -0.116. The summed E-state index contributed by atoms with van der Waals surface area (Å²) in [7, 11) is 0. The highest BCUT2D eigenvalue weighted by Crippen LogP contribution is 2.26. The Balaban J connectivity index is 0.00000121. The molecule has 3 heteroatoms. The second-order valence-corrected chi connectivity index (χ2v) is 4.97. The van der Waals surface area contributed by atoms with Crippen molar-refractivity contribution < 1.29 is 4.79 Å². The van der Waals surface area contributed by atoms with E-state index in [1.165, 1.54) is 11.8 Å². The van der Waals surface area contributed by atoms with Gasteiger partial charge in [-0.15, -0.1) is 11.8 Å². The molecule has 0 aromatic heterocycles. The number of thioether (sulfide) groups is 1. The molecule has 0 N–H and O–H groups in total. The van der Waals surface area contributed by atoms with E-state index >= 15 is 0 Å². The van der Waals surface area contributed by atoms with Crippen LogP contribution >= 0.6 is 24.0 Å². The van der Waals surface area contributed by atoms with Gasteiger partial charge in [-0.3, -0.25) is 4.79 Å². The van der Waals surface area contributed by atoms with Crippen molar-refractivity contribution in [1.29, 1.82) is 0 Å². The molecule has 0 spiro atoms. The Bertz CT molecular complexity index is 386. The van der Waals surface area contributed by atoms with Crippen LogP contribution in [0, 0.1) is 6.92 Å². The van der Waals surface area contributed by atoms with Crippen molar-refractivity contribution >= 4 is 34.0 Å². The molecule has 0 amide bonds. The second-order valence-electron chi connectivity index (χ2n) is 3.42. The average Bonchev–Trinajstić information content (AvgIpc) is 2.34. The zero-order valence-electron chi connectivity index (χ0n) is 11.1. The predicted octanol–water partition coefficient (Wildman–Crippen LogP) is 4.38. The Morgan fingerprint density at radius 2 is 1.82 bits per heavy atom. The van der Waals surface area contributed by atoms with Gasteiger partial charge in [0.2, 0.25) is 0 Å². The summed E-state index contributed by atoms with van der Waals surface area (Å²) in [6, 6.07) is 7.90. The van der Waals surface area contributed by atoms with Crippen LogP contribution in [0.3, 0.4) is 0 Å². The van der Waals surface area contributed by atoms with Crippen LogP contribution in [0.5, 0.6) is 0 Å². The van der Waals surface area contributed by atoms with E-state index in [9.17, 15) is 4.79 Å². The molecular weight excluding hydrogens is 248 g/mol. The van der Waals surface area contributed by atoms with Gasteiger partial charge < -0.3 is 0 Å². The van der Waals surface area contributed by atoms with E-state index in [1.54, 1.807) is 6.92 Å². The number of thiocarbonyl (C=S) groups is 1. The third kappa shape index (κ3) is 4.60. The molecule has 1 aromatic carbocycles. The van der Waals surface area contributed by atoms with Crippen LogP contribution in [0.1, 0.15) is 37.8 Å². The van der Waals surface area contributed by atoms with Gasteiger partial charge in [0.05, 0.1) is 10.1 Å². The van der Waals surface area contributed by atoms with E-state index in [2.05, 4.69) is 0 Å². The average molecular weight is 268 g/mol. The molecule has 17 heavy (non-hydrogen) atoms. The Kier molecular flexibility index (Phi) is 8.09. The first kappa shape index (κ1) is 16.3. The Labute approximate surface area is 114 Å². The summed E-state index contributed by atoms with van der Waals surface area (Å²) in [4.78, 5) is 11.6. The SMILES string of the molecule is CC.CSC(=S)C(C(C)=O)c1ccccc1C. The molecule has 94 valence electrons. The topological polar surface area (TPSA) is 17.1 Å². The standard InChI is InChI=1S/C12H14OS2.C2H6/c1-8-6-4-5-7-10(8)11(9(2)13)12(14)15-3;1-2/h4-7,11H,1-3H3;1-2H3. The fourth-order valence-corrected chi connectivity index (χ4v) is 2.36. The molecule has 0 aliphatic carbocycles. The number of ketones is 1. The molecule has 1 nitrogen and oxygen atoms in total. The van der Waals surface area contributed by atoms with Gasteiger partial charge in [-0.1, -0.05) is 50.3 Å². The summed E-state index contributed by atoms with van der Waals surface area (Å²) in [5.41, 5.74) is 2.15. The normalized spacial score (nSPS) is 11.1. The molecule has 0 aliphatic heterocycles. The first-order valence-corrected chi connectivity index (χ1v) is 7.35. The number of rotatable bonds is 3. The highest BCUT2D eigenvalue weighted by molar-refractivity contribution is 8.22. The summed E-state index contributed by atoms with van der Waals surface area (Å²) in [5.74, 6) is -0.125. The van der Waals surface area contributed by atoms with Crippen molar-refractivity contribution in [3.63, 3.8) is 0 Å². The number of Topliss-reactive ketones (excluding diaryl/α,β-unsaturated/α-hetero) is 1. The maximum absolute atomic E-state index is 11.6. The van der Waals surface area contributed by atoms with E-state index in [-0.39, 0.29) is 11.7 Å². The minimum Gasteiger partial charge on any atom is -0.299 e. The van der Waals surface area contributed by atoms with Crippen molar-refractivity contribution in [2.75, 3.05) is 6.26 Å². The van der Waals surface area contributed by atoms with E-state index in [0.29, 0.717) is 0 Å². The molecule has 0 aliphatic rings. The fourth-order valence-electron chi connectivity index (χ4n) is 1.54. The third-order valence-corrected chi connectivity index (χ3v) is 3.72. The maximum Gasteiger partial charge on any atom is 0.143 e. The van der Waals surface area contributed by atoms with Crippen LogP contribution in [0.15, 0.2) is 24.3 Å². The molecule has 1 rings (SSSR count). The van der Waals surface area contributed by atoms with Crippen LogP contribution in [-0.2, 0) is 4.79 Å². The number of benzene rings is 1. The molecular formula is C14H20OS2. The van der Waals surface area contributed by atoms with Crippen LogP contribution in [0.25, 0.3) is 0 Å². The molecule has 1 unspecified atom stereocenters. The van der Waals surface area contributed by atoms with Crippen molar-refractivity contribution in [3.8, 4) is 0 Å². The van der Waals surface area contributed by atoms with Crippen LogP contribution in [0.2, 0.25) is 0 Å². The number of hydrogen-bond donors (Lipinski definition) is 0. The number of aryl methyl sites for hydroxylation is 1. The summed E-state index contributed by atoms with van der Waals surface area (Å²) < 4.78 is 0.747. The van der Waals surface area contributed by atoms with Gasteiger partial charge in [0.25, 0.3) is 0 Å². The Hall–Kier alpha value is -0.670. The minimum absolute atomic E-state index is 0.114. The second kappa shape index (κ2) is 8.43. The number of hydrogen-bond acceptors (Lipinski definition) is 3. The summed E-state index contributed by atoms with van der Waals surface area (Å²) in [6.07, 6.45) is 1.91. The van der Waals surface area contributed by atoms with Crippen LogP contribution < -0.4 is 0 Å². The van der Waals surface area contributed by atoms with Gasteiger partial charge in [-0.25, -0.2) is 0 Å². The largest absolute Gasteiger partial charge is 0.299 e. The zero-order valence-corrected chi connectivity index (χ0v) is 12.7. The summed E-state index contributed by atoms with van der Waals surface area (Å²) >= 11 is 6.71. The van der Waals surface area contributed by atoms with Gasteiger partial charge in [0, 0.05) is 0 Å². The Morgan fingerprint density at radius 3 is 2.24 bits per heavy atom. The van der Waals surface area contributed by atoms with E-state index in [4.69, 9.17) is 12.2 Å². The summed E-state index contributed by atoms with van der Waals surface area (Å²) in [6.45, 7) is 7.60. The van der Waals surface area contributed by atoms with Gasteiger partial charge in [-0.2, -0.15) is 0 Å². The fraction of sp³-hybridized carbons (Fsp3) is 0.429. The van der Waals surface area contributed by atoms with E-state index < -0.39 is 0 Å². The minimum atomic E-state index is -0.240. The van der Waals surface area contributed by atoms with Crippen LogP contribution in [-0.4, -0.2) is 16.2 Å². The van der Waals surface area contributed by atoms with E-state index in [1.807, 2.05) is 51.3 Å². The van der Waals surface area contributed by atoms with E-state index in [0.717, 1.165) is 15.3 Å². The monoisotopic (exact) mass is 268 g/mol. The smallest absolute Gasteiger partial charge is 0.143 e. The van der Waals surface area contributed by atoms with Gasteiger partial charge in [0.15, 0.2) is 0 Å². The first-order chi connectivity index (χ1) is 8.07. The molecule has 0 bridgehead atoms. The maximum atomic E-state index is 11.6. The lowest BCUT2D eigenvalue weighted by Gasteiger charge is -2.16. The van der Waals surface area contributed by atoms with Crippen molar-refractivity contribution in [2.24, 2.45) is 0 Å². The molecule has 0 radical (unpaired) electrons. The highest BCUT2D eigenvalue weighted by atomic mass is 32.2. The number of carbonyl (C=O) groups excluding carboxylic acids is 1. The van der Waals surface area contributed by atoms with Gasteiger partial charge in [0.1, 0.15) is 5.78 Å². The quantitative estimate of drug-likeness (QED) is 0.757. The van der Waals surface area contributed by atoms with Gasteiger partial charge in [-0.05, 0) is 31.2 Å². The van der Waals surface area contributed by atoms with Crippen LogP contribution in [0.4, 0.5) is 0 Å². The lowest BCUT2D eigenvalue weighted by Crippen LogP contribution is -2.16. The molecule has 0 fully saturated rings. The first-order valence-electron chi connectivity index (χ1n) is 5.71. The third-order valence-electron chi connectivity index (χ3n) is 2.34. The molecule has 0 saturated carbocycles. The number of carbonyl (C=O) groups is 1. The predicted molar refractivity (Wildman–Crippen MR) is 82.1 cm³/mol.